The highest BCUT2D eigenvalue weighted by molar-refractivity contribution is 6.17. The van der Waals surface area contributed by atoms with Crippen molar-refractivity contribution in [3.63, 3.8) is 0 Å². The summed E-state index contributed by atoms with van der Waals surface area (Å²) in [6, 6.07) is 48.8. The highest BCUT2D eigenvalue weighted by atomic mass is 16.3. The first-order chi connectivity index (χ1) is 25.4. The molecule has 52 heavy (non-hydrogen) atoms. The van der Waals surface area contributed by atoms with Crippen LogP contribution in [0.25, 0.3) is 92.9 Å². The van der Waals surface area contributed by atoms with E-state index < -0.39 is 0 Å². The Morgan fingerprint density at radius 1 is 0.596 bits per heavy atom. The summed E-state index contributed by atoms with van der Waals surface area (Å²) in [6.45, 7) is 12.4. The Balaban J connectivity index is 1.16. The predicted octanol–water partition coefficient (Wildman–Crippen LogP) is 12.5. The zero-order valence-corrected chi connectivity index (χ0v) is 28.4. The van der Waals surface area contributed by atoms with Gasteiger partial charge in [-0.2, -0.15) is 5.26 Å². The summed E-state index contributed by atoms with van der Waals surface area (Å²) >= 11 is 0. The molecule has 0 fully saturated rings. The van der Waals surface area contributed by atoms with Crippen LogP contribution in [0.3, 0.4) is 0 Å². The van der Waals surface area contributed by atoms with Crippen LogP contribution in [0.15, 0.2) is 138 Å². The number of para-hydroxylation sites is 1. The van der Waals surface area contributed by atoms with Gasteiger partial charge in [0.1, 0.15) is 11.2 Å². The zero-order chi connectivity index (χ0) is 34.9. The Morgan fingerprint density at radius 2 is 1.33 bits per heavy atom. The molecular formula is C47H28N4O. The number of hydrogen-bond donors (Lipinski definition) is 0. The molecule has 1 aliphatic carbocycles. The molecule has 0 radical (unpaired) electrons. The minimum absolute atomic E-state index is 0.141. The molecule has 11 rings (SSSR count). The van der Waals surface area contributed by atoms with E-state index in [2.05, 4.69) is 131 Å². The maximum Gasteiger partial charge on any atom is 0.188 e. The van der Waals surface area contributed by atoms with E-state index in [9.17, 15) is 5.26 Å². The number of benzene rings is 7. The van der Waals surface area contributed by atoms with Crippen LogP contribution in [0.1, 0.15) is 30.5 Å². The molecule has 0 unspecified atom stereocenters. The highest BCUT2D eigenvalue weighted by Gasteiger charge is 2.37. The molecule has 0 saturated heterocycles. The molecule has 0 atom stereocenters. The van der Waals surface area contributed by atoms with Crippen molar-refractivity contribution in [1.29, 1.82) is 5.26 Å². The summed E-state index contributed by atoms with van der Waals surface area (Å²) in [5, 5.41) is 16.1. The first-order valence-electron chi connectivity index (χ1n) is 17.4. The van der Waals surface area contributed by atoms with E-state index in [-0.39, 0.29) is 5.41 Å². The summed E-state index contributed by atoms with van der Waals surface area (Å²) in [5.74, 6) is 0. The second-order valence-corrected chi connectivity index (χ2v) is 14.4. The monoisotopic (exact) mass is 664 g/mol. The van der Waals surface area contributed by atoms with Crippen molar-refractivity contribution in [2.24, 2.45) is 0 Å². The van der Waals surface area contributed by atoms with Gasteiger partial charge in [-0.15, -0.1) is 0 Å². The predicted molar refractivity (Wildman–Crippen MR) is 211 cm³/mol. The molecule has 3 heterocycles. The van der Waals surface area contributed by atoms with Crippen LogP contribution in [0.5, 0.6) is 0 Å². The summed E-state index contributed by atoms with van der Waals surface area (Å²) in [7, 11) is 0. The van der Waals surface area contributed by atoms with Crippen LogP contribution in [0, 0.1) is 17.9 Å². The average Bonchev–Trinajstić information content (AvgIpc) is 3.89. The standard InChI is InChI=1S/C47H28N4O/c1-47(2)38-10-6-4-9-34(38)45-39(47)18-17-33-36-23-28(49-3)13-20-42(36)51(46(33)45)30-14-16-32-37-24-29(15-21-43(37)52-44(32)25-30)50-40-11-7-5-8-31(40)35-22-27(26-48)12-19-41(35)50/h4-25H,1-2H3. The Kier molecular flexibility index (Phi) is 5.53. The maximum absolute atomic E-state index is 9.62. The fourth-order valence-electron chi connectivity index (χ4n) is 8.97. The summed E-state index contributed by atoms with van der Waals surface area (Å²) in [4.78, 5) is 3.78. The van der Waals surface area contributed by atoms with Crippen LogP contribution in [0.4, 0.5) is 5.69 Å². The van der Waals surface area contributed by atoms with Crippen LogP contribution in [-0.2, 0) is 5.41 Å². The van der Waals surface area contributed by atoms with Gasteiger partial charge < -0.3 is 13.6 Å². The lowest BCUT2D eigenvalue weighted by Crippen LogP contribution is -2.14. The van der Waals surface area contributed by atoms with Crippen molar-refractivity contribution in [2.45, 2.75) is 19.3 Å². The molecule has 7 aromatic carbocycles. The van der Waals surface area contributed by atoms with E-state index in [1.165, 1.54) is 22.3 Å². The third kappa shape index (κ3) is 3.64. The molecule has 0 amide bonds. The lowest BCUT2D eigenvalue weighted by molar-refractivity contribution is 0.660. The first-order valence-corrected chi connectivity index (χ1v) is 17.4. The number of rotatable bonds is 2. The van der Waals surface area contributed by atoms with E-state index in [1.807, 2.05) is 36.4 Å². The lowest BCUT2D eigenvalue weighted by atomic mass is 9.82. The number of hydrogen-bond acceptors (Lipinski definition) is 2. The lowest BCUT2D eigenvalue weighted by Gasteiger charge is -2.21. The van der Waals surface area contributed by atoms with Crippen LogP contribution in [0.2, 0.25) is 0 Å². The van der Waals surface area contributed by atoms with Crippen molar-refractivity contribution in [2.75, 3.05) is 0 Å². The van der Waals surface area contributed by atoms with Gasteiger partial charge >= 0.3 is 0 Å². The van der Waals surface area contributed by atoms with Gasteiger partial charge in [0.2, 0.25) is 0 Å². The average molecular weight is 665 g/mol. The van der Waals surface area contributed by atoms with E-state index in [0.29, 0.717) is 11.3 Å². The smallest absolute Gasteiger partial charge is 0.188 e. The largest absolute Gasteiger partial charge is 0.456 e. The molecule has 5 heteroatoms. The Labute approximate surface area is 298 Å². The second-order valence-electron chi connectivity index (χ2n) is 14.4. The quantitative estimate of drug-likeness (QED) is 0.173. The van der Waals surface area contributed by atoms with E-state index in [0.717, 1.165) is 76.9 Å². The summed E-state index contributed by atoms with van der Waals surface area (Å²) in [6.07, 6.45) is 0. The van der Waals surface area contributed by atoms with Crippen molar-refractivity contribution < 1.29 is 4.42 Å². The van der Waals surface area contributed by atoms with Crippen LogP contribution in [-0.4, -0.2) is 9.13 Å². The molecule has 5 nitrogen and oxygen atoms in total. The van der Waals surface area contributed by atoms with Crippen molar-refractivity contribution in [3.05, 3.63) is 162 Å². The number of fused-ring (bicyclic) bond motifs is 13. The summed E-state index contributed by atoms with van der Waals surface area (Å²) < 4.78 is 11.2. The fraction of sp³-hybridized carbons (Fsp3) is 0.0638. The number of furan rings is 1. The molecule has 1 aliphatic rings. The Morgan fingerprint density at radius 3 is 2.21 bits per heavy atom. The summed E-state index contributed by atoms with van der Waals surface area (Å²) in [5.41, 5.74) is 14.3. The SMILES string of the molecule is [C-]#[N+]c1ccc2c(c1)c1ccc3c(c1n2-c1ccc2c(c1)oc1ccc(-n4c5ccccc5c5cc(C#N)ccc54)cc12)-c1ccccc1C3(C)C. The molecule has 10 aromatic rings. The zero-order valence-electron chi connectivity index (χ0n) is 28.4. The first kappa shape index (κ1) is 28.7. The maximum atomic E-state index is 9.62. The third-order valence-corrected chi connectivity index (χ3v) is 11.3. The van der Waals surface area contributed by atoms with Crippen molar-refractivity contribution >= 4 is 71.2 Å². The van der Waals surface area contributed by atoms with Crippen molar-refractivity contribution in [1.82, 2.24) is 9.13 Å². The van der Waals surface area contributed by atoms with Crippen LogP contribution < -0.4 is 0 Å². The van der Waals surface area contributed by atoms with Gasteiger partial charge in [0.05, 0.1) is 40.3 Å². The molecule has 0 aliphatic heterocycles. The molecule has 0 spiro atoms. The Hall–Kier alpha value is -7.08. The number of aromatic nitrogens is 2. The van der Waals surface area contributed by atoms with Crippen LogP contribution >= 0.6 is 0 Å². The molecule has 0 bridgehead atoms. The third-order valence-electron chi connectivity index (χ3n) is 11.3. The minimum atomic E-state index is -0.141. The molecule has 0 saturated carbocycles. The Bertz CT molecular complexity index is 3300. The molecular weight excluding hydrogens is 637 g/mol. The molecule has 0 N–H and O–H groups in total. The second kappa shape index (κ2) is 10.0. The van der Waals surface area contributed by atoms with E-state index in [1.54, 1.807) is 0 Å². The van der Waals surface area contributed by atoms with Gasteiger partial charge in [0, 0.05) is 55.4 Å². The van der Waals surface area contributed by atoms with Gasteiger partial charge in [-0.05, 0) is 88.8 Å². The van der Waals surface area contributed by atoms with Crippen molar-refractivity contribution in [3.8, 4) is 28.6 Å². The molecule has 242 valence electrons. The minimum Gasteiger partial charge on any atom is -0.456 e. The highest BCUT2D eigenvalue weighted by Crippen LogP contribution is 2.53. The van der Waals surface area contributed by atoms with E-state index in [4.69, 9.17) is 11.0 Å². The van der Waals surface area contributed by atoms with Gasteiger partial charge in [-0.1, -0.05) is 74.5 Å². The fourth-order valence-corrected chi connectivity index (χ4v) is 8.97. The van der Waals surface area contributed by atoms with Gasteiger partial charge in [-0.3, -0.25) is 0 Å². The van der Waals surface area contributed by atoms with Gasteiger partial charge in [0.15, 0.2) is 5.69 Å². The van der Waals surface area contributed by atoms with Gasteiger partial charge in [0.25, 0.3) is 0 Å². The number of nitriles is 1. The van der Waals surface area contributed by atoms with Gasteiger partial charge in [-0.25, -0.2) is 4.85 Å². The normalized spacial score (nSPS) is 13.3. The topological polar surface area (TPSA) is 51.1 Å². The number of nitrogens with zero attached hydrogens (tertiary/aromatic N) is 4. The molecule has 3 aromatic heterocycles. The van der Waals surface area contributed by atoms with E-state index >= 15 is 0 Å².